The van der Waals surface area contributed by atoms with Gasteiger partial charge in [0.2, 0.25) is 11.0 Å². The number of carbonyl (C=O) groups is 3. The van der Waals surface area contributed by atoms with Gasteiger partial charge in [-0.1, -0.05) is 12.6 Å². The molecule has 80 valence electrons. The molecule has 2 heterocycles. The van der Waals surface area contributed by atoms with Crippen molar-refractivity contribution in [2.24, 2.45) is 0 Å². The monoisotopic (exact) mass is 245 g/mol. The standard InChI is InChI=1S/C8H7NO4S2/c10-4-2-5-9(4)7(8(13)14)3(15-5)1-6(11)12/h5H,1-2H2,(H,11,12)(H,13,14)/t5-/m1/s1. The van der Waals surface area contributed by atoms with Crippen molar-refractivity contribution < 1.29 is 19.5 Å². The van der Waals surface area contributed by atoms with E-state index in [1.807, 2.05) is 0 Å². The molecule has 1 N–H and O–H groups in total. The minimum Gasteiger partial charge on any atom is -0.481 e. The number of amides is 1. The Hall–Kier alpha value is -0.950. The third-order valence-electron chi connectivity index (χ3n) is 2.20. The lowest BCUT2D eigenvalue weighted by molar-refractivity contribution is -0.140. The number of carboxylic acid groups (broad SMARTS) is 1. The number of thiol groups is 1. The topological polar surface area (TPSA) is 74.7 Å². The Morgan fingerprint density at radius 1 is 1.60 bits per heavy atom. The van der Waals surface area contributed by atoms with E-state index < -0.39 is 11.1 Å². The molecule has 5 nitrogen and oxygen atoms in total. The maximum Gasteiger partial charge on any atom is 0.308 e. The van der Waals surface area contributed by atoms with Gasteiger partial charge in [0.15, 0.2) is 0 Å². The summed E-state index contributed by atoms with van der Waals surface area (Å²) >= 11 is 4.92. The second kappa shape index (κ2) is 3.57. The second-order valence-electron chi connectivity index (χ2n) is 3.19. The highest BCUT2D eigenvalue weighted by Gasteiger charge is 2.47. The molecule has 0 radical (unpaired) electrons. The fourth-order valence-corrected chi connectivity index (χ4v) is 3.30. The van der Waals surface area contributed by atoms with Crippen molar-refractivity contribution in [2.75, 3.05) is 0 Å². The molecule has 1 fully saturated rings. The molecule has 2 rings (SSSR count). The molecule has 7 heteroatoms. The fourth-order valence-electron chi connectivity index (χ4n) is 1.59. The van der Waals surface area contributed by atoms with Gasteiger partial charge < -0.3 is 5.11 Å². The lowest BCUT2D eigenvalue weighted by Crippen LogP contribution is -2.48. The van der Waals surface area contributed by atoms with Crippen LogP contribution in [0, 0.1) is 0 Å². The first-order valence-corrected chi connectivity index (χ1v) is 5.50. The molecular weight excluding hydrogens is 238 g/mol. The Labute approximate surface area is 94.9 Å². The number of nitrogens with zero attached hydrogens (tertiary/aromatic N) is 1. The van der Waals surface area contributed by atoms with Gasteiger partial charge in [-0.25, -0.2) is 0 Å². The Bertz CT molecular complexity index is 403. The summed E-state index contributed by atoms with van der Waals surface area (Å²) in [5, 5.41) is 8.00. The second-order valence-corrected chi connectivity index (χ2v) is 4.87. The molecule has 0 unspecified atom stereocenters. The number of fused-ring (bicyclic) bond motifs is 1. The zero-order valence-electron chi connectivity index (χ0n) is 7.47. The molecule has 0 aromatic heterocycles. The Morgan fingerprint density at radius 3 is 2.73 bits per heavy atom. The van der Waals surface area contributed by atoms with Crippen molar-refractivity contribution in [1.29, 1.82) is 0 Å². The molecule has 0 saturated carbocycles. The molecular formula is C8H7NO4S2. The third-order valence-corrected chi connectivity index (χ3v) is 3.69. The molecule has 0 aromatic carbocycles. The van der Waals surface area contributed by atoms with Gasteiger partial charge in [-0.2, -0.15) is 0 Å². The van der Waals surface area contributed by atoms with E-state index in [0.717, 1.165) is 0 Å². The summed E-state index contributed by atoms with van der Waals surface area (Å²) in [4.78, 5) is 34.7. The van der Waals surface area contributed by atoms with E-state index in [-0.39, 0.29) is 23.4 Å². The first-order chi connectivity index (χ1) is 7.00. The van der Waals surface area contributed by atoms with Crippen molar-refractivity contribution in [3.05, 3.63) is 10.6 Å². The number of hydrogen-bond donors (Lipinski definition) is 2. The number of aliphatic carboxylic acids is 1. The SMILES string of the molecule is O=C(O)CC1=C(C(=O)S)N2C(=O)C[C@H]2S1. The molecule has 2 aliphatic rings. The maximum atomic E-state index is 11.2. The van der Waals surface area contributed by atoms with Crippen LogP contribution in [0.15, 0.2) is 10.6 Å². The number of hydrogen-bond acceptors (Lipinski definition) is 4. The fraction of sp³-hybridized carbons (Fsp3) is 0.375. The van der Waals surface area contributed by atoms with Crippen LogP contribution < -0.4 is 0 Å². The number of thioether (sulfide) groups is 1. The van der Waals surface area contributed by atoms with E-state index in [2.05, 4.69) is 12.6 Å². The maximum absolute atomic E-state index is 11.2. The van der Waals surface area contributed by atoms with Gasteiger partial charge in [0.25, 0.3) is 0 Å². The van der Waals surface area contributed by atoms with Crippen LogP contribution in [0.1, 0.15) is 12.8 Å². The van der Waals surface area contributed by atoms with Crippen molar-refractivity contribution in [3.8, 4) is 0 Å². The normalized spacial score (nSPS) is 23.9. The van der Waals surface area contributed by atoms with Crippen LogP contribution in [0.4, 0.5) is 0 Å². The van der Waals surface area contributed by atoms with Crippen LogP contribution in [0.5, 0.6) is 0 Å². The summed E-state index contributed by atoms with van der Waals surface area (Å²) in [6.45, 7) is 0. The van der Waals surface area contributed by atoms with Crippen LogP contribution >= 0.6 is 24.4 Å². The quantitative estimate of drug-likeness (QED) is 0.557. The summed E-state index contributed by atoms with van der Waals surface area (Å²) < 4.78 is 0. The molecule has 0 spiro atoms. The van der Waals surface area contributed by atoms with Gasteiger partial charge in [-0.15, -0.1) is 11.8 Å². The first kappa shape index (κ1) is 10.6. The minimum absolute atomic E-state index is 0.0991. The van der Waals surface area contributed by atoms with E-state index in [1.165, 1.54) is 16.7 Å². The smallest absolute Gasteiger partial charge is 0.308 e. The summed E-state index contributed by atoms with van der Waals surface area (Å²) in [7, 11) is 0. The van der Waals surface area contributed by atoms with Gasteiger partial charge >= 0.3 is 5.97 Å². The zero-order valence-corrected chi connectivity index (χ0v) is 9.18. The minimum atomic E-state index is -1.01. The lowest BCUT2D eigenvalue weighted by atomic mass is 10.1. The Balaban J connectivity index is 2.31. The molecule has 0 aromatic rings. The van der Waals surface area contributed by atoms with E-state index in [1.54, 1.807) is 0 Å². The number of rotatable bonds is 3. The van der Waals surface area contributed by atoms with E-state index >= 15 is 0 Å². The highest BCUT2D eigenvalue weighted by molar-refractivity contribution is 8.04. The summed E-state index contributed by atoms with van der Waals surface area (Å²) in [6.07, 6.45) is 0.130. The lowest BCUT2D eigenvalue weighted by Gasteiger charge is -2.34. The highest BCUT2D eigenvalue weighted by atomic mass is 32.2. The summed E-state index contributed by atoms with van der Waals surface area (Å²) in [6, 6.07) is 0. The van der Waals surface area contributed by atoms with Gasteiger partial charge in [0.05, 0.1) is 18.2 Å². The number of carbonyl (C=O) groups excluding carboxylic acids is 2. The molecule has 1 saturated heterocycles. The van der Waals surface area contributed by atoms with E-state index in [9.17, 15) is 14.4 Å². The van der Waals surface area contributed by atoms with Crippen LogP contribution in [0.25, 0.3) is 0 Å². The summed E-state index contributed by atoms with van der Waals surface area (Å²) in [5.41, 5.74) is 0.145. The van der Waals surface area contributed by atoms with Crippen molar-refractivity contribution in [1.82, 2.24) is 4.90 Å². The van der Waals surface area contributed by atoms with Gasteiger partial charge in [0.1, 0.15) is 5.70 Å². The van der Waals surface area contributed by atoms with Crippen LogP contribution in [0.3, 0.4) is 0 Å². The van der Waals surface area contributed by atoms with Crippen LogP contribution in [-0.2, 0) is 14.4 Å². The average molecular weight is 245 g/mol. The van der Waals surface area contributed by atoms with Crippen molar-refractivity contribution in [2.45, 2.75) is 18.2 Å². The number of β-lactam (4-membered cyclic amide) rings is 1. The van der Waals surface area contributed by atoms with E-state index in [4.69, 9.17) is 5.11 Å². The zero-order chi connectivity index (χ0) is 11.2. The molecule has 0 bridgehead atoms. The highest BCUT2D eigenvalue weighted by Crippen LogP contribution is 2.47. The molecule has 2 aliphatic heterocycles. The van der Waals surface area contributed by atoms with Gasteiger partial charge in [-0.05, 0) is 0 Å². The Morgan fingerprint density at radius 2 is 2.27 bits per heavy atom. The largest absolute Gasteiger partial charge is 0.481 e. The summed E-state index contributed by atoms with van der Waals surface area (Å²) in [5.74, 6) is -1.16. The first-order valence-electron chi connectivity index (χ1n) is 4.17. The average Bonchev–Trinajstić information content (AvgIpc) is 2.37. The van der Waals surface area contributed by atoms with Gasteiger partial charge in [-0.3, -0.25) is 19.3 Å². The molecule has 15 heavy (non-hydrogen) atoms. The Kier molecular flexibility index (Phi) is 2.51. The van der Waals surface area contributed by atoms with Crippen molar-refractivity contribution >= 4 is 41.4 Å². The van der Waals surface area contributed by atoms with Crippen LogP contribution in [0.2, 0.25) is 0 Å². The number of carboxylic acids is 1. The predicted molar refractivity (Wildman–Crippen MR) is 56.1 cm³/mol. The van der Waals surface area contributed by atoms with Crippen molar-refractivity contribution in [3.63, 3.8) is 0 Å². The third kappa shape index (κ3) is 1.65. The molecule has 1 atom stereocenters. The predicted octanol–water partition coefficient (Wildman–Crippen LogP) is 0.434. The van der Waals surface area contributed by atoms with Gasteiger partial charge in [0, 0.05) is 4.91 Å². The van der Waals surface area contributed by atoms with Crippen LogP contribution in [-0.4, -0.2) is 32.4 Å². The van der Waals surface area contributed by atoms with E-state index in [0.29, 0.717) is 11.3 Å². The molecule has 1 amide bonds. The molecule has 0 aliphatic carbocycles.